The lowest BCUT2D eigenvalue weighted by molar-refractivity contribution is 0.266. The van der Waals surface area contributed by atoms with Crippen LogP contribution in [-0.2, 0) is 0 Å². The van der Waals surface area contributed by atoms with Gasteiger partial charge in [0, 0.05) is 4.47 Å². The van der Waals surface area contributed by atoms with Crippen molar-refractivity contribution in [1.29, 1.82) is 0 Å². The molecule has 0 radical (unpaired) electrons. The number of hydrogen-bond donors (Lipinski definition) is 0. The third kappa shape index (κ3) is 4.34. The van der Waals surface area contributed by atoms with Crippen molar-refractivity contribution < 1.29 is 4.74 Å². The van der Waals surface area contributed by atoms with E-state index in [1.807, 2.05) is 24.3 Å². The Labute approximate surface area is 98.5 Å². The van der Waals surface area contributed by atoms with E-state index >= 15 is 0 Å². The van der Waals surface area contributed by atoms with Gasteiger partial charge in [-0.15, -0.1) is 0 Å². The highest BCUT2D eigenvalue weighted by Gasteiger charge is 2.04. The quantitative estimate of drug-likeness (QED) is 0.716. The van der Waals surface area contributed by atoms with Gasteiger partial charge >= 0.3 is 0 Å². The average molecular weight is 278 g/mol. The van der Waals surface area contributed by atoms with E-state index in [1.165, 1.54) is 0 Å². The molecule has 0 amide bonds. The van der Waals surface area contributed by atoms with Gasteiger partial charge in [0.1, 0.15) is 5.75 Å². The molecule has 0 heterocycles. The third-order valence-electron chi connectivity index (χ3n) is 1.86. The molecule has 3 heteroatoms. The smallest absolute Gasteiger partial charge is 0.172 e. The lowest BCUT2D eigenvalue weighted by Gasteiger charge is -2.11. The highest BCUT2D eigenvalue weighted by Crippen LogP contribution is 2.19. The van der Waals surface area contributed by atoms with E-state index < -0.39 is 0 Å². The first-order chi connectivity index (χ1) is 6.72. The first kappa shape index (κ1) is 11.9. The third-order valence-corrected chi connectivity index (χ3v) is 2.70. The zero-order valence-corrected chi connectivity index (χ0v) is 10.5. The van der Waals surface area contributed by atoms with Crippen LogP contribution in [0.3, 0.4) is 0 Å². The van der Waals surface area contributed by atoms with Crippen LogP contribution in [0.15, 0.2) is 28.7 Å². The number of rotatable bonds is 5. The number of halogens is 2. The monoisotopic (exact) mass is 276 g/mol. The molecule has 0 aliphatic rings. The van der Waals surface area contributed by atoms with E-state index in [2.05, 4.69) is 22.9 Å². The molecule has 0 aromatic heterocycles. The van der Waals surface area contributed by atoms with Crippen LogP contribution in [0, 0.1) is 0 Å². The highest BCUT2D eigenvalue weighted by molar-refractivity contribution is 9.10. The minimum Gasteiger partial charge on any atom is -0.475 e. The molecule has 0 aliphatic carbocycles. The molecule has 0 spiro atoms. The van der Waals surface area contributed by atoms with Crippen LogP contribution in [0.25, 0.3) is 0 Å². The molecular weight excluding hydrogens is 263 g/mol. The first-order valence-electron chi connectivity index (χ1n) is 4.78. The molecule has 14 heavy (non-hydrogen) atoms. The van der Waals surface area contributed by atoms with Gasteiger partial charge in [-0.25, -0.2) is 0 Å². The molecule has 0 bridgehead atoms. The van der Waals surface area contributed by atoms with Gasteiger partial charge in [-0.1, -0.05) is 40.9 Å². The number of ether oxygens (including phenoxy) is 1. The fourth-order valence-corrected chi connectivity index (χ4v) is 1.61. The van der Waals surface area contributed by atoms with E-state index in [0.29, 0.717) is 0 Å². The van der Waals surface area contributed by atoms with Crippen molar-refractivity contribution >= 4 is 27.5 Å². The van der Waals surface area contributed by atoms with E-state index in [4.69, 9.17) is 16.3 Å². The molecular formula is C11H14BrClO. The average Bonchev–Trinajstić information content (AvgIpc) is 2.18. The molecule has 1 aromatic carbocycles. The Hall–Kier alpha value is -0.210. The van der Waals surface area contributed by atoms with Gasteiger partial charge in [-0.05, 0) is 37.1 Å². The molecule has 1 nitrogen and oxygen atoms in total. The Balaban J connectivity index is 2.39. The molecule has 1 atom stereocenters. The Bertz CT molecular complexity index is 260. The van der Waals surface area contributed by atoms with Crippen molar-refractivity contribution in [3.05, 3.63) is 28.7 Å². The summed E-state index contributed by atoms with van der Waals surface area (Å²) in [5.74, 6) is 0.823. The van der Waals surface area contributed by atoms with Crippen molar-refractivity contribution in [1.82, 2.24) is 0 Å². The maximum absolute atomic E-state index is 6.00. The number of unbranched alkanes of at least 4 members (excludes halogenated alkanes) is 1. The van der Waals surface area contributed by atoms with Gasteiger partial charge in [0.05, 0.1) is 0 Å². The Morgan fingerprint density at radius 2 is 2.00 bits per heavy atom. The van der Waals surface area contributed by atoms with Crippen molar-refractivity contribution in [2.45, 2.75) is 31.7 Å². The maximum Gasteiger partial charge on any atom is 0.172 e. The second kappa shape index (κ2) is 6.31. The highest BCUT2D eigenvalue weighted by atomic mass is 79.9. The Morgan fingerprint density at radius 3 is 2.57 bits per heavy atom. The zero-order valence-electron chi connectivity index (χ0n) is 8.17. The van der Waals surface area contributed by atoms with E-state index in [-0.39, 0.29) is 5.56 Å². The lowest BCUT2D eigenvalue weighted by Crippen LogP contribution is -2.07. The topological polar surface area (TPSA) is 9.23 Å². The molecule has 0 saturated carbocycles. The van der Waals surface area contributed by atoms with Gasteiger partial charge in [0.2, 0.25) is 0 Å². The predicted octanol–water partition coefficient (Wildman–Crippen LogP) is 4.58. The van der Waals surface area contributed by atoms with Crippen LogP contribution < -0.4 is 4.74 Å². The maximum atomic E-state index is 6.00. The normalized spacial score (nSPS) is 12.5. The van der Waals surface area contributed by atoms with Crippen LogP contribution in [0.5, 0.6) is 5.75 Å². The number of hydrogen-bond acceptors (Lipinski definition) is 1. The molecule has 78 valence electrons. The van der Waals surface area contributed by atoms with Crippen LogP contribution in [-0.4, -0.2) is 5.56 Å². The Kier molecular flexibility index (Phi) is 5.34. The summed E-state index contributed by atoms with van der Waals surface area (Å²) in [5.41, 5.74) is -0.212. The van der Waals surface area contributed by atoms with Gasteiger partial charge in [0.25, 0.3) is 0 Å². The molecule has 1 unspecified atom stereocenters. The minimum absolute atomic E-state index is 0.212. The largest absolute Gasteiger partial charge is 0.475 e. The standard InChI is InChI=1S/C11H14BrClO/c1-2-3-4-11(13)14-10-7-5-9(12)6-8-10/h5-8,11H,2-4H2,1H3. The summed E-state index contributed by atoms with van der Waals surface area (Å²) in [7, 11) is 0. The minimum atomic E-state index is -0.212. The van der Waals surface area contributed by atoms with Crippen LogP contribution in [0.2, 0.25) is 0 Å². The fraction of sp³-hybridized carbons (Fsp3) is 0.455. The molecule has 0 aliphatic heterocycles. The molecule has 1 aromatic rings. The molecule has 0 N–H and O–H groups in total. The summed E-state index contributed by atoms with van der Waals surface area (Å²) in [4.78, 5) is 0. The number of benzene rings is 1. The van der Waals surface area contributed by atoms with E-state index in [1.54, 1.807) is 0 Å². The van der Waals surface area contributed by atoms with E-state index in [0.717, 1.165) is 29.5 Å². The van der Waals surface area contributed by atoms with Crippen molar-refractivity contribution in [2.75, 3.05) is 0 Å². The second-order valence-electron chi connectivity index (χ2n) is 3.12. The summed E-state index contributed by atoms with van der Waals surface area (Å²) in [6.45, 7) is 2.14. The first-order valence-corrected chi connectivity index (χ1v) is 6.01. The van der Waals surface area contributed by atoms with Gasteiger partial charge in [0.15, 0.2) is 5.56 Å². The summed E-state index contributed by atoms with van der Waals surface area (Å²) in [5, 5.41) is 0. The van der Waals surface area contributed by atoms with Crippen LogP contribution in [0.4, 0.5) is 0 Å². The zero-order chi connectivity index (χ0) is 10.4. The summed E-state index contributed by atoms with van der Waals surface area (Å²) < 4.78 is 6.56. The van der Waals surface area contributed by atoms with Crippen LogP contribution in [0.1, 0.15) is 26.2 Å². The lowest BCUT2D eigenvalue weighted by atomic mass is 10.2. The summed E-state index contributed by atoms with van der Waals surface area (Å²) >= 11 is 9.37. The van der Waals surface area contributed by atoms with Crippen molar-refractivity contribution in [2.24, 2.45) is 0 Å². The summed E-state index contributed by atoms with van der Waals surface area (Å²) in [6.07, 6.45) is 3.14. The molecule has 0 saturated heterocycles. The predicted molar refractivity (Wildman–Crippen MR) is 63.9 cm³/mol. The van der Waals surface area contributed by atoms with Gasteiger partial charge < -0.3 is 4.74 Å². The van der Waals surface area contributed by atoms with Gasteiger partial charge in [-0.3, -0.25) is 0 Å². The molecule has 1 rings (SSSR count). The van der Waals surface area contributed by atoms with Crippen molar-refractivity contribution in [3.63, 3.8) is 0 Å². The van der Waals surface area contributed by atoms with Gasteiger partial charge in [-0.2, -0.15) is 0 Å². The Morgan fingerprint density at radius 1 is 1.36 bits per heavy atom. The van der Waals surface area contributed by atoms with Crippen molar-refractivity contribution in [3.8, 4) is 5.75 Å². The second-order valence-corrected chi connectivity index (χ2v) is 4.53. The number of alkyl halides is 1. The van der Waals surface area contributed by atoms with Crippen LogP contribution >= 0.6 is 27.5 Å². The summed E-state index contributed by atoms with van der Waals surface area (Å²) in [6, 6.07) is 7.70. The van der Waals surface area contributed by atoms with E-state index in [9.17, 15) is 0 Å². The fourth-order valence-electron chi connectivity index (χ4n) is 1.08. The SMILES string of the molecule is CCCCC(Cl)Oc1ccc(Br)cc1. The molecule has 0 fully saturated rings.